The smallest absolute Gasteiger partial charge is 0.410 e. The van der Waals surface area contributed by atoms with Gasteiger partial charge >= 0.3 is 6.09 Å². The van der Waals surface area contributed by atoms with Crippen molar-refractivity contribution in [1.82, 2.24) is 10.2 Å². The Morgan fingerprint density at radius 2 is 2.13 bits per heavy atom. The van der Waals surface area contributed by atoms with Crippen LogP contribution in [0.25, 0.3) is 0 Å². The highest BCUT2D eigenvalue weighted by molar-refractivity contribution is 5.82. The summed E-state index contributed by atoms with van der Waals surface area (Å²) < 4.78 is 5.35. The summed E-state index contributed by atoms with van der Waals surface area (Å²) in [4.78, 5) is 36.9. The van der Waals surface area contributed by atoms with E-state index in [4.69, 9.17) is 4.74 Å². The fourth-order valence-corrected chi connectivity index (χ4v) is 3.26. The topological polar surface area (TPSA) is 75.7 Å². The molecule has 1 saturated heterocycles. The molecule has 0 bridgehead atoms. The van der Waals surface area contributed by atoms with Gasteiger partial charge in [0.1, 0.15) is 11.9 Å². The van der Waals surface area contributed by atoms with E-state index in [1.165, 1.54) is 6.92 Å². The maximum absolute atomic E-state index is 12.2. The number of amides is 2. The summed E-state index contributed by atoms with van der Waals surface area (Å²) >= 11 is 0. The largest absolute Gasteiger partial charge is 0.442 e. The number of carbonyl (C=O) groups is 3. The standard InChI is InChI=1S/C17H20N2O4/c1-11(20)18-9-14-10-19(17(22)23-14)16-7-6-13(21)8-12-4-2-3-5-15(12)16/h2-5,14,16H,6-10H2,1H3,(H,18,20)/t14-,16?/m0/s1. The van der Waals surface area contributed by atoms with Crippen LogP contribution < -0.4 is 5.32 Å². The number of ether oxygens (including phenoxy) is 1. The quantitative estimate of drug-likeness (QED) is 0.859. The Labute approximate surface area is 134 Å². The lowest BCUT2D eigenvalue weighted by molar-refractivity contribution is -0.119. The highest BCUT2D eigenvalue weighted by Crippen LogP contribution is 2.34. The molecule has 1 aromatic carbocycles. The first-order chi connectivity index (χ1) is 11.0. The maximum Gasteiger partial charge on any atom is 0.410 e. The van der Waals surface area contributed by atoms with E-state index >= 15 is 0 Å². The van der Waals surface area contributed by atoms with Crippen molar-refractivity contribution in [3.8, 4) is 0 Å². The third kappa shape index (κ3) is 3.36. The molecule has 6 nitrogen and oxygen atoms in total. The number of rotatable bonds is 3. The van der Waals surface area contributed by atoms with Crippen LogP contribution in [0.1, 0.15) is 36.9 Å². The van der Waals surface area contributed by atoms with E-state index < -0.39 is 0 Å². The molecule has 3 rings (SSSR count). The van der Waals surface area contributed by atoms with Crippen molar-refractivity contribution in [2.75, 3.05) is 13.1 Å². The van der Waals surface area contributed by atoms with Crippen molar-refractivity contribution in [2.45, 2.75) is 38.3 Å². The molecule has 6 heteroatoms. The van der Waals surface area contributed by atoms with Crippen LogP contribution in [0.15, 0.2) is 24.3 Å². The van der Waals surface area contributed by atoms with E-state index in [0.29, 0.717) is 32.4 Å². The molecule has 1 N–H and O–H groups in total. The summed E-state index contributed by atoms with van der Waals surface area (Å²) in [5, 5.41) is 2.67. The number of carbonyl (C=O) groups excluding carboxylic acids is 3. The molecule has 122 valence electrons. The van der Waals surface area contributed by atoms with E-state index in [0.717, 1.165) is 11.1 Å². The predicted molar refractivity (Wildman–Crippen MR) is 82.8 cm³/mol. The number of benzene rings is 1. The van der Waals surface area contributed by atoms with Crippen LogP contribution in [0.2, 0.25) is 0 Å². The van der Waals surface area contributed by atoms with Gasteiger partial charge in [-0.25, -0.2) is 4.79 Å². The molecule has 1 aliphatic heterocycles. The molecular formula is C17H20N2O4. The zero-order valence-electron chi connectivity index (χ0n) is 13.1. The number of cyclic esters (lactones) is 1. The van der Waals surface area contributed by atoms with Crippen molar-refractivity contribution in [2.24, 2.45) is 0 Å². The summed E-state index contributed by atoms with van der Waals surface area (Å²) in [5.41, 5.74) is 2.01. The van der Waals surface area contributed by atoms with Crippen LogP contribution in [0, 0.1) is 0 Å². The monoisotopic (exact) mass is 316 g/mol. The minimum absolute atomic E-state index is 0.146. The molecular weight excluding hydrogens is 296 g/mol. The van der Waals surface area contributed by atoms with Crippen molar-refractivity contribution < 1.29 is 19.1 Å². The Hall–Kier alpha value is -2.37. The van der Waals surface area contributed by atoms with Crippen LogP contribution in [0.5, 0.6) is 0 Å². The predicted octanol–water partition coefficient (Wildman–Crippen LogP) is 1.59. The fraction of sp³-hybridized carbons (Fsp3) is 0.471. The molecule has 0 spiro atoms. The summed E-state index contributed by atoms with van der Waals surface area (Å²) in [6.07, 6.45) is 0.759. The molecule has 1 fully saturated rings. The first-order valence-electron chi connectivity index (χ1n) is 7.86. The second-order valence-electron chi connectivity index (χ2n) is 6.06. The summed E-state index contributed by atoms with van der Waals surface area (Å²) in [6, 6.07) is 7.62. The first kappa shape index (κ1) is 15.5. The number of ketones is 1. The van der Waals surface area contributed by atoms with E-state index in [1.54, 1.807) is 4.90 Å². The van der Waals surface area contributed by atoms with Crippen molar-refractivity contribution in [3.05, 3.63) is 35.4 Å². The van der Waals surface area contributed by atoms with Gasteiger partial charge < -0.3 is 10.1 Å². The molecule has 1 aliphatic carbocycles. The Balaban J connectivity index is 1.79. The number of hydrogen-bond donors (Lipinski definition) is 1. The molecule has 2 aliphatic rings. The molecule has 1 heterocycles. The van der Waals surface area contributed by atoms with E-state index in [1.807, 2.05) is 24.3 Å². The van der Waals surface area contributed by atoms with Gasteiger partial charge in [0.15, 0.2) is 0 Å². The SMILES string of the molecule is CC(=O)NC[C@H]1CN(C2CCC(=O)Cc3ccccc32)C(=O)O1. The number of nitrogens with one attached hydrogen (secondary N) is 1. The Morgan fingerprint density at radius 3 is 2.91 bits per heavy atom. The third-order valence-corrected chi connectivity index (χ3v) is 4.36. The number of Topliss-reactive ketones (excluding diaryl/α,β-unsaturated/α-hetero) is 1. The number of hydrogen-bond acceptors (Lipinski definition) is 4. The van der Waals surface area contributed by atoms with Crippen molar-refractivity contribution >= 4 is 17.8 Å². The van der Waals surface area contributed by atoms with Gasteiger partial charge in [-0.2, -0.15) is 0 Å². The Bertz CT molecular complexity index is 643. The second kappa shape index (κ2) is 6.40. The average Bonchev–Trinajstić information content (AvgIpc) is 2.79. The maximum atomic E-state index is 12.2. The van der Waals surface area contributed by atoms with Crippen molar-refractivity contribution in [1.29, 1.82) is 0 Å². The zero-order chi connectivity index (χ0) is 16.4. The lowest BCUT2D eigenvalue weighted by atomic mass is 9.98. The van der Waals surface area contributed by atoms with Gasteiger partial charge in [0.25, 0.3) is 0 Å². The Morgan fingerprint density at radius 1 is 1.35 bits per heavy atom. The van der Waals surface area contributed by atoms with Crippen LogP contribution in [0.3, 0.4) is 0 Å². The highest BCUT2D eigenvalue weighted by atomic mass is 16.6. The van der Waals surface area contributed by atoms with Gasteiger partial charge in [-0.05, 0) is 17.5 Å². The van der Waals surface area contributed by atoms with Crippen LogP contribution >= 0.6 is 0 Å². The molecule has 1 unspecified atom stereocenters. The molecule has 0 aromatic heterocycles. The third-order valence-electron chi connectivity index (χ3n) is 4.36. The molecule has 1 aromatic rings. The lowest BCUT2D eigenvalue weighted by Crippen LogP contribution is -2.34. The highest BCUT2D eigenvalue weighted by Gasteiger charge is 2.38. The first-order valence-corrected chi connectivity index (χ1v) is 7.86. The molecule has 23 heavy (non-hydrogen) atoms. The van der Waals surface area contributed by atoms with Gasteiger partial charge in [0, 0.05) is 19.8 Å². The van der Waals surface area contributed by atoms with E-state index in [2.05, 4.69) is 5.32 Å². The molecule has 2 atom stereocenters. The normalized spacial score (nSPS) is 24.0. The summed E-state index contributed by atoms with van der Waals surface area (Å²) in [6.45, 7) is 2.17. The van der Waals surface area contributed by atoms with E-state index in [9.17, 15) is 14.4 Å². The summed E-state index contributed by atoms with van der Waals surface area (Å²) in [7, 11) is 0. The van der Waals surface area contributed by atoms with Gasteiger partial charge in [-0.15, -0.1) is 0 Å². The fourth-order valence-electron chi connectivity index (χ4n) is 3.26. The minimum Gasteiger partial charge on any atom is -0.442 e. The summed E-state index contributed by atoms with van der Waals surface area (Å²) in [5.74, 6) is 0.0484. The van der Waals surface area contributed by atoms with E-state index in [-0.39, 0.29) is 29.9 Å². The number of nitrogens with zero attached hydrogens (tertiary/aromatic N) is 1. The number of fused-ring (bicyclic) bond motifs is 1. The lowest BCUT2D eigenvalue weighted by Gasteiger charge is -2.26. The molecule has 0 saturated carbocycles. The van der Waals surface area contributed by atoms with Crippen LogP contribution in [-0.4, -0.2) is 41.9 Å². The van der Waals surface area contributed by atoms with Crippen LogP contribution in [0.4, 0.5) is 4.79 Å². The minimum atomic E-state index is -0.380. The van der Waals surface area contributed by atoms with Crippen molar-refractivity contribution in [3.63, 3.8) is 0 Å². The second-order valence-corrected chi connectivity index (χ2v) is 6.06. The van der Waals surface area contributed by atoms with Gasteiger partial charge in [-0.1, -0.05) is 24.3 Å². The Kier molecular flexibility index (Phi) is 4.32. The van der Waals surface area contributed by atoms with Crippen LogP contribution in [-0.2, 0) is 20.7 Å². The zero-order valence-corrected chi connectivity index (χ0v) is 13.1. The van der Waals surface area contributed by atoms with Gasteiger partial charge in [0.05, 0.1) is 19.1 Å². The van der Waals surface area contributed by atoms with Gasteiger partial charge in [0.2, 0.25) is 5.91 Å². The average molecular weight is 316 g/mol. The molecule has 2 amide bonds. The van der Waals surface area contributed by atoms with Gasteiger partial charge in [-0.3, -0.25) is 14.5 Å². The molecule has 0 radical (unpaired) electrons.